The van der Waals surface area contributed by atoms with Crippen molar-refractivity contribution in [3.8, 4) is 0 Å². The summed E-state index contributed by atoms with van der Waals surface area (Å²) in [7, 11) is 0. The Balaban J connectivity index is 1.30. The van der Waals surface area contributed by atoms with Crippen LogP contribution in [0.5, 0.6) is 0 Å². The minimum atomic E-state index is -0.221. The van der Waals surface area contributed by atoms with Crippen LogP contribution in [0, 0.1) is 0 Å². The molecule has 0 aliphatic carbocycles. The topological polar surface area (TPSA) is 86.4 Å². The van der Waals surface area contributed by atoms with E-state index >= 15 is 0 Å². The lowest BCUT2D eigenvalue weighted by Crippen LogP contribution is -2.29. The van der Waals surface area contributed by atoms with Gasteiger partial charge < -0.3 is 16.0 Å². The number of fused-ring (bicyclic) bond motifs is 1. The first-order valence-electron chi connectivity index (χ1n) is 14.6. The quantitative estimate of drug-likeness (QED) is 0.216. The molecule has 2 amide bonds. The lowest BCUT2D eigenvalue weighted by molar-refractivity contribution is -0.110. The molecule has 212 valence electrons. The lowest BCUT2D eigenvalue weighted by atomic mass is 9.98. The molecule has 6 rings (SSSR count). The average molecular weight is 558 g/mol. The third-order valence-corrected chi connectivity index (χ3v) is 7.97. The number of likely N-dealkylation sites (tertiary alicyclic amines) is 1. The molecule has 7 heteroatoms. The number of aromatic nitrogens is 1. The highest BCUT2D eigenvalue weighted by molar-refractivity contribution is 6.37. The Morgan fingerprint density at radius 3 is 2.38 bits per heavy atom. The van der Waals surface area contributed by atoms with Gasteiger partial charge in [0.1, 0.15) is 0 Å². The van der Waals surface area contributed by atoms with Gasteiger partial charge in [-0.15, -0.1) is 0 Å². The smallest absolute Gasteiger partial charge is 0.258 e. The second-order valence-electron chi connectivity index (χ2n) is 11.0. The molecule has 7 nitrogen and oxygen atoms in total. The first-order valence-corrected chi connectivity index (χ1v) is 14.6. The normalized spacial score (nSPS) is 16.7. The van der Waals surface area contributed by atoms with Gasteiger partial charge in [0.15, 0.2) is 0 Å². The van der Waals surface area contributed by atoms with Crippen LogP contribution < -0.4 is 16.0 Å². The number of hydrogen-bond donors (Lipinski definition) is 3. The Morgan fingerprint density at radius 1 is 0.905 bits per heavy atom. The van der Waals surface area contributed by atoms with Crippen molar-refractivity contribution in [3.05, 3.63) is 125 Å². The summed E-state index contributed by atoms with van der Waals surface area (Å²) in [6.07, 6.45) is 7.27. The van der Waals surface area contributed by atoms with E-state index in [-0.39, 0.29) is 17.9 Å². The van der Waals surface area contributed by atoms with E-state index in [2.05, 4.69) is 50.1 Å². The fraction of sp³-hybridized carbons (Fsp3) is 0.229. The maximum atomic E-state index is 13.4. The number of nitrogens with zero attached hydrogens (tertiary/aromatic N) is 2. The Hall–Kier alpha value is -4.75. The van der Waals surface area contributed by atoms with Crippen molar-refractivity contribution in [2.75, 3.05) is 23.7 Å². The summed E-state index contributed by atoms with van der Waals surface area (Å²) >= 11 is 0. The molecule has 0 saturated carbocycles. The van der Waals surface area contributed by atoms with E-state index in [1.807, 2.05) is 49.4 Å². The molecular formula is C35H35N5O2. The maximum absolute atomic E-state index is 13.4. The molecule has 42 heavy (non-hydrogen) atoms. The number of nitrogens with one attached hydrogen (secondary N) is 3. The Morgan fingerprint density at radius 2 is 1.64 bits per heavy atom. The number of anilines is 2. The van der Waals surface area contributed by atoms with Crippen molar-refractivity contribution in [2.45, 2.75) is 38.8 Å². The van der Waals surface area contributed by atoms with Crippen molar-refractivity contribution in [1.82, 2.24) is 15.2 Å². The maximum Gasteiger partial charge on any atom is 0.258 e. The van der Waals surface area contributed by atoms with Crippen LogP contribution in [0.1, 0.15) is 64.8 Å². The average Bonchev–Trinajstić information content (AvgIpc) is 3.36. The van der Waals surface area contributed by atoms with Gasteiger partial charge in [-0.3, -0.25) is 19.5 Å². The molecule has 0 bridgehead atoms. The van der Waals surface area contributed by atoms with Crippen molar-refractivity contribution in [3.63, 3.8) is 0 Å². The van der Waals surface area contributed by atoms with Crippen molar-refractivity contribution >= 4 is 34.5 Å². The third kappa shape index (κ3) is 6.11. The summed E-state index contributed by atoms with van der Waals surface area (Å²) in [5.74, 6) is -0.420. The Labute approximate surface area is 246 Å². The molecule has 3 N–H and O–H groups in total. The molecule has 1 fully saturated rings. The van der Waals surface area contributed by atoms with E-state index in [0.717, 1.165) is 36.4 Å². The predicted octanol–water partition coefficient (Wildman–Crippen LogP) is 6.49. The zero-order valence-corrected chi connectivity index (χ0v) is 23.8. The first-order chi connectivity index (χ1) is 20.5. The molecule has 0 spiro atoms. The Bertz CT molecular complexity index is 1590. The van der Waals surface area contributed by atoms with Gasteiger partial charge >= 0.3 is 0 Å². The van der Waals surface area contributed by atoms with Gasteiger partial charge in [0.2, 0.25) is 0 Å². The van der Waals surface area contributed by atoms with Gasteiger partial charge in [0.05, 0.1) is 17.3 Å². The van der Waals surface area contributed by atoms with Gasteiger partial charge in [-0.05, 0) is 86.4 Å². The first kappa shape index (κ1) is 27.4. The highest BCUT2D eigenvalue weighted by Gasteiger charge is 2.29. The molecule has 1 atom stereocenters. The van der Waals surface area contributed by atoms with Crippen LogP contribution in [0.15, 0.2) is 97.3 Å². The molecule has 2 aliphatic rings. The van der Waals surface area contributed by atoms with Gasteiger partial charge in [0, 0.05) is 47.0 Å². The van der Waals surface area contributed by atoms with Crippen LogP contribution in [0.3, 0.4) is 0 Å². The molecule has 0 radical (unpaired) electrons. The number of hydrogen-bond acceptors (Lipinski definition) is 5. The van der Waals surface area contributed by atoms with Gasteiger partial charge in [-0.25, -0.2) is 0 Å². The standard InChI is InChI=1S/C35H35N5O2/c1-24(26-8-4-2-5-9-26)37-34(41)28-12-15-31-30(22-28)32(35(42)39-31)33(27-16-18-36-19-17-27)38-29-13-10-25(11-14-29)23-40-20-6-3-7-21-40/h2,4-5,8-19,22,24,38H,3,6-7,20-21,23H2,1H3,(H,37,41)(H,39,42)/t24-/m1/s1. The van der Waals surface area contributed by atoms with E-state index in [9.17, 15) is 9.59 Å². The number of pyridine rings is 1. The van der Waals surface area contributed by atoms with Crippen molar-refractivity contribution in [1.29, 1.82) is 0 Å². The zero-order valence-electron chi connectivity index (χ0n) is 23.8. The van der Waals surface area contributed by atoms with E-state index in [1.165, 1.54) is 24.8 Å². The molecule has 4 aromatic rings. The highest BCUT2D eigenvalue weighted by atomic mass is 16.2. The van der Waals surface area contributed by atoms with E-state index in [4.69, 9.17) is 0 Å². The van der Waals surface area contributed by atoms with Crippen molar-refractivity contribution in [2.24, 2.45) is 0 Å². The predicted molar refractivity (Wildman–Crippen MR) is 168 cm³/mol. The minimum Gasteiger partial charge on any atom is -0.354 e. The van der Waals surface area contributed by atoms with E-state index < -0.39 is 0 Å². The summed E-state index contributed by atoms with van der Waals surface area (Å²) < 4.78 is 0. The summed E-state index contributed by atoms with van der Waals surface area (Å²) in [5, 5.41) is 9.58. The summed E-state index contributed by atoms with van der Waals surface area (Å²) in [5.41, 5.74) is 6.99. The van der Waals surface area contributed by atoms with Crippen LogP contribution in [-0.4, -0.2) is 34.8 Å². The second kappa shape index (κ2) is 12.4. The molecule has 0 unspecified atom stereocenters. The zero-order chi connectivity index (χ0) is 28.9. The number of amides is 2. The SMILES string of the molecule is C[C@@H](NC(=O)c1ccc2c(c1)C(=C(Nc1ccc(CN3CCCCC3)cc1)c1ccncc1)C(=O)N2)c1ccccc1. The highest BCUT2D eigenvalue weighted by Crippen LogP contribution is 2.38. The third-order valence-electron chi connectivity index (χ3n) is 7.97. The second-order valence-corrected chi connectivity index (χ2v) is 11.0. The number of benzene rings is 3. The fourth-order valence-electron chi connectivity index (χ4n) is 5.67. The van der Waals surface area contributed by atoms with Gasteiger partial charge in [-0.1, -0.05) is 48.9 Å². The van der Waals surface area contributed by atoms with E-state index in [0.29, 0.717) is 28.1 Å². The van der Waals surface area contributed by atoms with Crippen molar-refractivity contribution < 1.29 is 9.59 Å². The largest absolute Gasteiger partial charge is 0.354 e. The van der Waals surface area contributed by atoms with Gasteiger partial charge in [0.25, 0.3) is 11.8 Å². The van der Waals surface area contributed by atoms with Crippen LogP contribution >= 0.6 is 0 Å². The lowest BCUT2D eigenvalue weighted by Gasteiger charge is -2.26. The number of rotatable bonds is 8. The van der Waals surface area contributed by atoms with E-state index in [1.54, 1.807) is 30.6 Å². The molecule has 2 aliphatic heterocycles. The summed E-state index contributed by atoms with van der Waals surface area (Å²) in [6.45, 7) is 5.21. The Kier molecular flexibility index (Phi) is 8.10. The molecular weight excluding hydrogens is 522 g/mol. The molecule has 3 heterocycles. The summed E-state index contributed by atoms with van der Waals surface area (Å²) in [6, 6.07) is 27.2. The number of piperidine rings is 1. The summed E-state index contributed by atoms with van der Waals surface area (Å²) in [4.78, 5) is 33.4. The van der Waals surface area contributed by atoms with Crippen LogP contribution in [0.25, 0.3) is 11.3 Å². The molecule has 1 saturated heterocycles. The van der Waals surface area contributed by atoms with Crippen LogP contribution in [0.4, 0.5) is 11.4 Å². The number of carbonyl (C=O) groups excluding carboxylic acids is 2. The van der Waals surface area contributed by atoms with Crippen LogP contribution in [-0.2, 0) is 11.3 Å². The molecule has 3 aromatic carbocycles. The minimum absolute atomic E-state index is 0.159. The molecule has 1 aromatic heterocycles. The van der Waals surface area contributed by atoms with Crippen LogP contribution in [0.2, 0.25) is 0 Å². The monoisotopic (exact) mass is 557 g/mol. The number of carbonyl (C=O) groups is 2. The van der Waals surface area contributed by atoms with Gasteiger partial charge in [-0.2, -0.15) is 0 Å². The fourth-order valence-corrected chi connectivity index (χ4v) is 5.67.